The van der Waals surface area contributed by atoms with E-state index in [1.807, 2.05) is 11.0 Å². The molecule has 142 valence electrons. The molecule has 1 unspecified atom stereocenters. The van der Waals surface area contributed by atoms with Gasteiger partial charge < -0.3 is 15.3 Å². The number of benzene rings is 1. The zero-order valence-electron chi connectivity index (χ0n) is 15.2. The monoisotopic (exact) mass is 368 g/mol. The number of aromatic nitrogens is 2. The summed E-state index contributed by atoms with van der Waals surface area (Å²) in [6, 6.07) is 12.0. The molecule has 2 aromatic rings. The molecule has 2 N–H and O–H groups in total. The molecule has 1 aromatic heterocycles. The van der Waals surface area contributed by atoms with Crippen LogP contribution in [0.15, 0.2) is 36.4 Å². The van der Waals surface area contributed by atoms with Gasteiger partial charge >= 0.3 is 0 Å². The van der Waals surface area contributed by atoms with Crippen molar-refractivity contribution >= 4 is 11.8 Å². The lowest BCUT2D eigenvalue weighted by Crippen LogP contribution is -2.39. The van der Waals surface area contributed by atoms with Crippen LogP contribution >= 0.6 is 0 Å². The predicted molar refractivity (Wildman–Crippen MR) is 99.3 cm³/mol. The summed E-state index contributed by atoms with van der Waals surface area (Å²) in [6.45, 7) is 1.81. The van der Waals surface area contributed by atoms with E-state index in [4.69, 9.17) is 0 Å². The number of fused-ring (bicyclic) bond motifs is 1. The van der Waals surface area contributed by atoms with Crippen LogP contribution in [0.25, 0.3) is 0 Å². The van der Waals surface area contributed by atoms with Crippen molar-refractivity contribution in [3.05, 3.63) is 53.3 Å². The van der Waals surface area contributed by atoms with E-state index in [-0.39, 0.29) is 30.6 Å². The molecular formula is C20H24N4O3. The van der Waals surface area contributed by atoms with Gasteiger partial charge in [-0.15, -0.1) is 0 Å². The summed E-state index contributed by atoms with van der Waals surface area (Å²) in [4.78, 5) is 26.7. The summed E-state index contributed by atoms with van der Waals surface area (Å²) in [7, 11) is 0. The highest BCUT2D eigenvalue weighted by Gasteiger charge is 2.28. The normalized spacial score (nSPS) is 20.7. The zero-order chi connectivity index (χ0) is 18.8. The fraction of sp³-hybridized carbons (Fsp3) is 0.450. The summed E-state index contributed by atoms with van der Waals surface area (Å²) in [5.41, 5.74) is 1.94. The van der Waals surface area contributed by atoms with Crippen LogP contribution in [0, 0.1) is 5.92 Å². The molecule has 3 heterocycles. The van der Waals surface area contributed by atoms with Gasteiger partial charge in [-0.05, 0) is 30.7 Å². The Hall–Kier alpha value is -2.67. The highest BCUT2D eigenvalue weighted by molar-refractivity contribution is 5.98. The number of carbonyl (C=O) groups is 2. The lowest BCUT2D eigenvalue weighted by atomic mass is 9.90. The number of aliphatic hydroxyl groups excluding tert-OH is 1. The molecule has 0 radical (unpaired) electrons. The zero-order valence-corrected chi connectivity index (χ0v) is 15.2. The van der Waals surface area contributed by atoms with Crippen molar-refractivity contribution in [1.82, 2.24) is 20.0 Å². The standard InChI is InChI=1S/C20H24N4O3/c25-16-12-21-19(26)18-11-17(22-24(18)13-16)20(27)23-8-6-15(7-9-23)10-14-4-2-1-3-5-14/h1-5,11,15-16,25H,6-10,12-13H2,(H,21,26). The number of hydrogen-bond acceptors (Lipinski definition) is 4. The minimum atomic E-state index is -0.702. The second-order valence-corrected chi connectivity index (χ2v) is 7.39. The highest BCUT2D eigenvalue weighted by atomic mass is 16.3. The molecular weight excluding hydrogens is 344 g/mol. The smallest absolute Gasteiger partial charge is 0.274 e. The van der Waals surface area contributed by atoms with Crippen molar-refractivity contribution in [1.29, 1.82) is 0 Å². The van der Waals surface area contributed by atoms with Crippen molar-refractivity contribution in [2.75, 3.05) is 19.6 Å². The third-order valence-electron chi connectivity index (χ3n) is 5.38. The third kappa shape index (κ3) is 3.88. The quantitative estimate of drug-likeness (QED) is 0.849. The summed E-state index contributed by atoms with van der Waals surface area (Å²) < 4.78 is 1.43. The van der Waals surface area contributed by atoms with Crippen LogP contribution in [-0.2, 0) is 13.0 Å². The Morgan fingerprint density at radius 1 is 1.22 bits per heavy atom. The first-order chi connectivity index (χ1) is 13.1. The lowest BCUT2D eigenvalue weighted by Gasteiger charge is -2.31. The second-order valence-electron chi connectivity index (χ2n) is 7.39. The van der Waals surface area contributed by atoms with Crippen LogP contribution in [0.5, 0.6) is 0 Å². The summed E-state index contributed by atoms with van der Waals surface area (Å²) >= 11 is 0. The first-order valence-corrected chi connectivity index (χ1v) is 9.47. The van der Waals surface area contributed by atoms with Crippen molar-refractivity contribution in [2.24, 2.45) is 5.92 Å². The summed E-state index contributed by atoms with van der Waals surface area (Å²) in [6.07, 6.45) is 2.27. The van der Waals surface area contributed by atoms with Crippen molar-refractivity contribution in [3.8, 4) is 0 Å². The molecule has 0 bridgehead atoms. The molecule has 7 nitrogen and oxygen atoms in total. The van der Waals surface area contributed by atoms with Gasteiger partial charge in [0.25, 0.3) is 11.8 Å². The fourth-order valence-corrected chi connectivity index (χ4v) is 3.86. The molecule has 1 saturated heterocycles. The van der Waals surface area contributed by atoms with Gasteiger partial charge in [-0.1, -0.05) is 30.3 Å². The van der Waals surface area contributed by atoms with Gasteiger partial charge in [0.05, 0.1) is 12.6 Å². The van der Waals surface area contributed by atoms with E-state index in [9.17, 15) is 14.7 Å². The van der Waals surface area contributed by atoms with E-state index in [1.165, 1.54) is 16.3 Å². The summed E-state index contributed by atoms with van der Waals surface area (Å²) in [5.74, 6) is 0.131. The number of likely N-dealkylation sites (tertiary alicyclic amines) is 1. The number of amides is 2. The van der Waals surface area contributed by atoms with Gasteiger partial charge in [0.1, 0.15) is 5.69 Å². The SMILES string of the molecule is O=C1NCC(O)Cn2nc(C(=O)N3CCC(Cc4ccccc4)CC3)cc21. The molecule has 27 heavy (non-hydrogen) atoms. The van der Waals surface area contributed by atoms with Crippen LogP contribution in [0.4, 0.5) is 0 Å². The van der Waals surface area contributed by atoms with Crippen molar-refractivity contribution in [2.45, 2.75) is 31.9 Å². The molecule has 2 aliphatic rings. The topological polar surface area (TPSA) is 87.5 Å². The van der Waals surface area contributed by atoms with Crippen molar-refractivity contribution in [3.63, 3.8) is 0 Å². The van der Waals surface area contributed by atoms with E-state index in [2.05, 4.69) is 34.7 Å². The largest absolute Gasteiger partial charge is 0.389 e. The number of hydrogen-bond donors (Lipinski definition) is 2. The number of nitrogens with one attached hydrogen (secondary N) is 1. The van der Waals surface area contributed by atoms with E-state index >= 15 is 0 Å². The molecule has 1 fully saturated rings. The van der Waals surface area contributed by atoms with Gasteiger partial charge in [-0.2, -0.15) is 5.10 Å². The first kappa shape index (κ1) is 17.7. The number of carbonyl (C=O) groups excluding carboxylic acids is 2. The van der Waals surface area contributed by atoms with E-state index < -0.39 is 6.10 Å². The number of rotatable bonds is 3. The fourth-order valence-electron chi connectivity index (χ4n) is 3.86. The molecule has 4 rings (SSSR count). The van der Waals surface area contributed by atoms with Crippen molar-refractivity contribution < 1.29 is 14.7 Å². The molecule has 1 atom stereocenters. The predicted octanol–water partition coefficient (Wildman–Crippen LogP) is 1.08. The Bertz CT molecular complexity index is 825. The van der Waals surface area contributed by atoms with Crippen LogP contribution in [0.1, 0.15) is 39.4 Å². The molecule has 2 aliphatic heterocycles. The average molecular weight is 368 g/mol. The van der Waals surface area contributed by atoms with Gasteiger partial charge in [-0.25, -0.2) is 0 Å². The Balaban J connectivity index is 1.39. The minimum Gasteiger partial charge on any atom is -0.389 e. The molecule has 0 aliphatic carbocycles. The summed E-state index contributed by atoms with van der Waals surface area (Å²) in [5, 5.41) is 16.7. The maximum Gasteiger partial charge on any atom is 0.274 e. The van der Waals surface area contributed by atoms with Crippen LogP contribution < -0.4 is 5.32 Å². The Labute approximate surface area is 158 Å². The van der Waals surface area contributed by atoms with E-state index in [0.29, 0.717) is 24.7 Å². The number of aliphatic hydroxyl groups is 1. The highest BCUT2D eigenvalue weighted by Crippen LogP contribution is 2.23. The van der Waals surface area contributed by atoms with E-state index in [0.717, 1.165) is 19.3 Å². The third-order valence-corrected chi connectivity index (χ3v) is 5.38. The number of nitrogens with zero attached hydrogens (tertiary/aromatic N) is 3. The van der Waals surface area contributed by atoms with Gasteiger partial charge in [0.15, 0.2) is 5.69 Å². The maximum atomic E-state index is 12.8. The first-order valence-electron chi connectivity index (χ1n) is 9.47. The van der Waals surface area contributed by atoms with Gasteiger partial charge in [0, 0.05) is 25.7 Å². The minimum absolute atomic E-state index is 0.143. The number of β-amino-alcohol motifs (C(OH)–C–C–N with tert-alkyl or cyclic N) is 1. The average Bonchev–Trinajstić information content (AvgIpc) is 3.05. The number of piperidine rings is 1. The van der Waals surface area contributed by atoms with Gasteiger partial charge in [-0.3, -0.25) is 14.3 Å². The van der Waals surface area contributed by atoms with Crippen LogP contribution in [-0.4, -0.2) is 57.3 Å². The molecule has 2 amide bonds. The lowest BCUT2D eigenvalue weighted by molar-refractivity contribution is 0.0682. The molecule has 1 aromatic carbocycles. The second kappa shape index (κ2) is 7.52. The Morgan fingerprint density at radius 3 is 2.70 bits per heavy atom. The molecule has 0 spiro atoms. The Kier molecular flexibility index (Phi) is 4.94. The van der Waals surface area contributed by atoms with Crippen LogP contribution in [0.2, 0.25) is 0 Å². The molecule has 7 heteroatoms. The van der Waals surface area contributed by atoms with Crippen LogP contribution in [0.3, 0.4) is 0 Å². The van der Waals surface area contributed by atoms with E-state index in [1.54, 1.807) is 0 Å². The Morgan fingerprint density at radius 2 is 1.96 bits per heavy atom. The maximum absolute atomic E-state index is 12.8. The van der Waals surface area contributed by atoms with Gasteiger partial charge in [0.2, 0.25) is 0 Å². The molecule has 0 saturated carbocycles.